The van der Waals surface area contributed by atoms with E-state index in [1.54, 1.807) is 0 Å². The number of benzene rings is 1. The van der Waals surface area contributed by atoms with Gasteiger partial charge in [-0.1, -0.05) is 12.1 Å². The lowest BCUT2D eigenvalue weighted by Crippen LogP contribution is -2.65. The molecule has 1 aromatic carbocycles. The number of hydrogen-bond donors (Lipinski definition) is 0. The second-order valence-electron chi connectivity index (χ2n) is 7.61. The van der Waals surface area contributed by atoms with E-state index in [1.165, 1.54) is 5.56 Å². The van der Waals surface area contributed by atoms with Crippen molar-refractivity contribution in [2.45, 2.75) is 37.7 Å². The molecule has 0 amide bonds. The highest BCUT2D eigenvalue weighted by molar-refractivity contribution is 5.44. The van der Waals surface area contributed by atoms with Gasteiger partial charge in [-0.2, -0.15) is 0 Å². The topological polar surface area (TPSA) is 53.1 Å². The van der Waals surface area contributed by atoms with Gasteiger partial charge in [0.25, 0.3) is 0 Å². The lowest BCUT2D eigenvalue weighted by molar-refractivity contribution is -0.200. The van der Waals surface area contributed by atoms with Crippen LogP contribution in [-0.4, -0.2) is 48.1 Å². The summed E-state index contributed by atoms with van der Waals surface area (Å²) in [4.78, 5) is 6.75. The molecule has 0 bridgehead atoms. The zero-order valence-corrected chi connectivity index (χ0v) is 15.3. The molecule has 0 N–H and O–H groups in total. The third kappa shape index (κ3) is 3.65. The Morgan fingerprint density at radius 2 is 2.07 bits per heavy atom. The molecular weight excluding hydrogens is 344 g/mol. The fraction of sp³-hybridized carbons (Fsp3) is 0.476. The van der Waals surface area contributed by atoms with E-state index in [2.05, 4.69) is 22.0 Å². The van der Waals surface area contributed by atoms with E-state index < -0.39 is 0 Å². The largest absolute Gasteiger partial charge is 0.454 e. The third-order valence-electron chi connectivity index (χ3n) is 5.51. The van der Waals surface area contributed by atoms with Gasteiger partial charge in [-0.25, -0.2) is 0 Å². The van der Waals surface area contributed by atoms with Gasteiger partial charge in [0.1, 0.15) is 0 Å². The minimum absolute atomic E-state index is 0.0522. The number of fused-ring (bicyclic) bond motifs is 1. The van der Waals surface area contributed by atoms with E-state index in [4.69, 9.17) is 18.9 Å². The van der Waals surface area contributed by atoms with E-state index in [0.717, 1.165) is 56.3 Å². The van der Waals surface area contributed by atoms with Gasteiger partial charge in [0.05, 0.1) is 24.0 Å². The lowest BCUT2D eigenvalue weighted by atomic mass is 9.84. The first-order valence-corrected chi connectivity index (χ1v) is 9.54. The average molecular weight is 368 g/mol. The number of ether oxygens (including phenoxy) is 4. The summed E-state index contributed by atoms with van der Waals surface area (Å²) in [6.45, 7) is 4.46. The van der Waals surface area contributed by atoms with Gasteiger partial charge in [0, 0.05) is 38.9 Å². The molecule has 4 heterocycles. The van der Waals surface area contributed by atoms with Crippen molar-refractivity contribution < 1.29 is 18.9 Å². The zero-order chi connectivity index (χ0) is 18.1. The highest BCUT2D eigenvalue weighted by Crippen LogP contribution is 2.38. The van der Waals surface area contributed by atoms with Crippen molar-refractivity contribution in [1.82, 2.24) is 9.88 Å². The van der Waals surface area contributed by atoms with Crippen molar-refractivity contribution in [1.29, 1.82) is 0 Å². The molecule has 2 saturated heterocycles. The predicted molar refractivity (Wildman–Crippen MR) is 98.6 cm³/mol. The summed E-state index contributed by atoms with van der Waals surface area (Å²) >= 11 is 0. The van der Waals surface area contributed by atoms with E-state index in [0.29, 0.717) is 13.4 Å². The summed E-state index contributed by atoms with van der Waals surface area (Å²) in [6.07, 6.45) is 3.96. The molecule has 1 unspecified atom stereocenters. The fourth-order valence-electron chi connectivity index (χ4n) is 4.21. The molecule has 1 aromatic heterocycles. The van der Waals surface area contributed by atoms with Gasteiger partial charge in [-0.3, -0.25) is 9.88 Å². The van der Waals surface area contributed by atoms with Crippen LogP contribution in [0, 0.1) is 0 Å². The Morgan fingerprint density at radius 3 is 2.96 bits per heavy atom. The van der Waals surface area contributed by atoms with E-state index >= 15 is 0 Å². The van der Waals surface area contributed by atoms with Crippen LogP contribution in [-0.2, 0) is 22.6 Å². The first-order valence-electron chi connectivity index (χ1n) is 9.54. The van der Waals surface area contributed by atoms with Gasteiger partial charge in [0.2, 0.25) is 6.79 Å². The molecule has 2 aromatic rings. The maximum absolute atomic E-state index is 6.14. The fourth-order valence-corrected chi connectivity index (χ4v) is 4.21. The Hall–Kier alpha value is -2.15. The SMILES string of the molecule is c1ccc(COC2CCOC3(C2)CN(Cc2ccc4c(c2)OCO4)C3)nc1. The van der Waals surface area contributed by atoms with Crippen LogP contribution in [0.2, 0.25) is 0 Å². The molecule has 27 heavy (non-hydrogen) atoms. The zero-order valence-electron chi connectivity index (χ0n) is 15.3. The van der Waals surface area contributed by atoms with Crippen LogP contribution in [0.5, 0.6) is 11.5 Å². The molecule has 6 nitrogen and oxygen atoms in total. The Morgan fingerprint density at radius 1 is 1.15 bits per heavy atom. The molecule has 0 aliphatic carbocycles. The van der Waals surface area contributed by atoms with Crippen LogP contribution in [0.15, 0.2) is 42.6 Å². The Bertz CT molecular complexity index is 792. The van der Waals surface area contributed by atoms with Crippen LogP contribution in [0.1, 0.15) is 24.1 Å². The molecule has 1 spiro atoms. The van der Waals surface area contributed by atoms with Gasteiger partial charge in [-0.05, 0) is 36.2 Å². The van der Waals surface area contributed by atoms with Crippen LogP contribution in [0.3, 0.4) is 0 Å². The Kier molecular flexibility index (Phi) is 4.47. The summed E-state index contributed by atoms with van der Waals surface area (Å²) in [5, 5.41) is 0. The first-order chi connectivity index (χ1) is 13.3. The smallest absolute Gasteiger partial charge is 0.231 e. The van der Waals surface area contributed by atoms with Crippen molar-refractivity contribution in [3.63, 3.8) is 0 Å². The molecule has 2 fully saturated rings. The minimum Gasteiger partial charge on any atom is -0.454 e. The van der Waals surface area contributed by atoms with Crippen molar-refractivity contribution in [2.24, 2.45) is 0 Å². The standard InChI is InChI=1S/C21H24N2O4/c1-2-7-22-17(3-1)12-24-18-6-8-27-21(10-18)13-23(14-21)11-16-4-5-19-20(9-16)26-15-25-19/h1-5,7,9,18H,6,8,10-15H2. The minimum atomic E-state index is -0.0522. The summed E-state index contributed by atoms with van der Waals surface area (Å²) in [7, 11) is 0. The molecular formula is C21H24N2O4. The number of likely N-dealkylation sites (tertiary alicyclic amines) is 1. The summed E-state index contributed by atoms with van der Waals surface area (Å²) in [5.74, 6) is 1.68. The molecule has 5 rings (SSSR count). The average Bonchev–Trinajstić information content (AvgIpc) is 3.14. The van der Waals surface area contributed by atoms with Gasteiger partial charge >= 0.3 is 0 Å². The third-order valence-corrected chi connectivity index (χ3v) is 5.51. The highest BCUT2D eigenvalue weighted by Gasteiger charge is 2.47. The normalized spacial score (nSPS) is 23.3. The quantitative estimate of drug-likeness (QED) is 0.809. The number of aromatic nitrogens is 1. The number of pyridine rings is 1. The maximum atomic E-state index is 6.14. The first kappa shape index (κ1) is 17.0. The monoisotopic (exact) mass is 368 g/mol. The van der Waals surface area contributed by atoms with Gasteiger partial charge < -0.3 is 18.9 Å². The summed E-state index contributed by atoms with van der Waals surface area (Å²) in [5.41, 5.74) is 2.17. The van der Waals surface area contributed by atoms with Crippen molar-refractivity contribution in [2.75, 3.05) is 26.5 Å². The number of rotatable bonds is 5. The second-order valence-corrected chi connectivity index (χ2v) is 7.61. The van der Waals surface area contributed by atoms with Crippen LogP contribution in [0.25, 0.3) is 0 Å². The van der Waals surface area contributed by atoms with E-state index in [-0.39, 0.29) is 11.7 Å². The van der Waals surface area contributed by atoms with Crippen molar-refractivity contribution in [3.8, 4) is 11.5 Å². The molecule has 0 radical (unpaired) electrons. The van der Waals surface area contributed by atoms with Crippen LogP contribution in [0.4, 0.5) is 0 Å². The highest BCUT2D eigenvalue weighted by atomic mass is 16.7. The van der Waals surface area contributed by atoms with Crippen LogP contribution >= 0.6 is 0 Å². The molecule has 142 valence electrons. The Balaban J connectivity index is 1.13. The summed E-state index contributed by atoms with van der Waals surface area (Å²) in [6, 6.07) is 12.1. The van der Waals surface area contributed by atoms with Crippen molar-refractivity contribution >= 4 is 0 Å². The summed E-state index contributed by atoms with van der Waals surface area (Å²) < 4.78 is 23.1. The molecule has 1 atom stereocenters. The van der Waals surface area contributed by atoms with Crippen molar-refractivity contribution in [3.05, 3.63) is 53.9 Å². The number of hydrogen-bond acceptors (Lipinski definition) is 6. The van der Waals surface area contributed by atoms with E-state index in [1.807, 2.05) is 30.5 Å². The Labute approximate surface area is 159 Å². The number of nitrogens with zero attached hydrogens (tertiary/aromatic N) is 2. The van der Waals surface area contributed by atoms with Gasteiger partial charge in [0.15, 0.2) is 11.5 Å². The van der Waals surface area contributed by atoms with E-state index in [9.17, 15) is 0 Å². The van der Waals surface area contributed by atoms with Crippen LogP contribution < -0.4 is 9.47 Å². The van der Waals surface area contributed by atoms with Gasteiger partial charge in [-0.15, -0.1) is 0 Å². The predicted octanol–water partition coefficient (Wildman–Crippen LogP) is 2.76. The second kappa shape index (κ2) is 7.11. The maximum Gasteiger partial charge on any atom is 0.231 e. The molecule has 0 saturated carbocycles. The molecule has 3 aliphatic rings. The lowest BCUT2D eigenvalue weighted by Gasteiger charge is -2.53. The molecule has 3 aliphatic heterocycles. The molecule has 6 heteroatoms.